The van der Waals surface area contributed by atoms with Crippen molar-refractivity contribution in [2.45, 2.75) is 113 Å². The Morgan fingerprint density at radius 3 is 2.32 bits per heavy atom. The minimum absolute atomic E-state index is 0.199. The van der Waals surface area contributed by atoms with E-state index in [1.807, 2.05) is 75.3 Å². The molecule has 53 heavy (non-hydrogen) atoms. The first-order chi connectivity index (χ1) is 25.0. The van der Waals surface area contributed by atoms with Crippen LogP contribution in [-0.2, 0) is 27.2 Å². The highest BCUT2D eigenvalue weighted by Gasteiger charge is 2.31. The van der Waals surface area contributed by atoms with E-state index in [1.54, 1.807) is 46.5 Å². The Morgan fingerprint density at radius 2 is 1.74 bits per heavy atom. The zero-order valence-electron chi connectivity index (χ0n) is 32.8. The zero-order chi connectivity index (χ0) is 39.5. The van der Waals surface area contributed by atoms with Crippen molar-refractivity contribution in [1.82, 2.24) is 19.8 Å². The number of rotatable bonds is 8. The van der Waals surface area contributed by atoms with Gasteiger partial charge in [0.05, 0.1) is 28.6 Å². The molecule has 1 aromatic carbocycles. The van der Waals surface area contributed by atoms with Gasteiger partial charge in [0.25, 0.3) is 5.91 Å². The van der Waals surface area contributed by atoms with Crippen molar-refractivity contribution in [2.75, 3.05) is 23.7 Å². The number of carbonyl (C=O) groups is 4. The van der Waals surface area contributed by atoms with Gasteiger partial charge in [-0.25, -0.2) is 14.6 Å². The molecule has 0 radical (unpaired) electrons. The van der Waals surface area contributed by atoms with Gasteiger partial charge < -0.3 is 29.9 Å². The van der Waals surface area contributed by atoms with Gasteiger partial charge in [0.1, 0.15) is 21.2 Å². The molecule has 0 unspecified atom stereocenters. The minimum atomic E-state index is -0.572. The fourth-order valence-electron chi connectivity index (χ4n) is 5.20. The molecule has 2 N–H and O–H groups in total. The predicted octanol–water partition coefficient (Wildman–Crippen LogP) is 9.60. The third-order valence-corrected chi connectivity index (χ3v) is 9.60. The number of thiazole rings is 1. The summed E-state index contributed by atoms with van der Waals surface area (Å²) >= 11 is 2.94. The summed E-state index contributed by atoms with van der Waals surface area (Å²) in [6.45, 7) is 22.9. The van der Waals surface area contributed by atoms with E-state index in [1.165, 1.54) is 22.7 Å². The molecule has 5 rings (SSSR count). The molecule has 1 aliphatic heterocycles. The van der Waals surface area contributed by atoms with Gasteiger partial charge in [0.2, 0.25) is 6.41 Å². The number of fused-ring (bicyclic) bond motifs is 2. The van der Waals surface area contributed by atoms with E-state index < -0.39 is 11.2 Å². The summed E-state index contributed by atoms with van der Waals surface area (Å²) in [6, 6.07) is 9.13. The highest BCUT2D eigenvalue weighted by molar-refractivity contribution is 7.23. The fourth-order valence-corrected chi connectivity index (χ4v) is 7.52. The fraction of sp³-hybridized carbons (Fsp3) is 0.487. The first kappa shape index (κ1) is 42.8. The molecule has 0 bridgehead atoms. The van der Waals surface area contributed by atoms with Crippen LogP contribution in [0.3, 0.4) is 0 Å². The van der Waals surface area contributed by atoms with Crippen molar-refractivity contribution < 1.29 is 28.7 Å². The molecule has 0 atom stereocenters. The molecule has 12 nitrogen and oxygen atoms in total. The molecule has 0 aliphatic carbocycles. The van der Waals surface area contributed by atoms with Crippen molar-refractivity contribution in [3.63, 3.8) is 0 Å². The molecule has 0 spiro atoms. The highest BCUT2D eigenvalue weighted by Crippen LogP contribution is 2.45. The van der Waals surface area contributed by atoms with Crippen LogP contribution >= 0.6 is 22.7 Å². The van der Waals surface area contributed by atoms with Gasteiger partial charge in [0.15, 0.2) is 0 Å². The van der Waals surface area contributed by atoms with Crippen molar-refractivity contribution in [1.29, 1.82) is 0 Å². The van der Waals surface area contributed by atoms with Crippen molar-refractivity contribution >= 4 is 68.1 Å². The van der Waals surface area contributed by atoms with E-state index in [0.717, 1.165) is 38.7 Å². The van der Waals surface area contributed by atoms with Crippen LogP contribution in [-0.4, -0.2) is 74.6 Å². The molecule has 4 amide bonds. The lowest BCUT2D eigenvalue weighted by Gasteiger charge is -2.30. The van der Waals surface area contributed by atoms with Crippen LogP contribution in [0.1, 0.15) is 103 Å². The second-order valence-corrected chi connectivity index (χ2v) is 16.4. The van der Waals surface area contributed by atoms with Gasteiger partial charge in [-0.2, -0.15) is 0 Å². The first-order valence-corrected chi connectivity index (χ1v) is 19.6. The Bertz CT molecular complexity index is 1840. The lowest BCUT2D eigenvalue weighted by Crippen LogP contribution is -2.41. The van der Waals surface area contributed by atoms with Crippen LogP contribution < -0.4 is 10.6 Å². The second-order valence-electron chi connectivity index (χ2n) is 14.3. The molecule has 3 aromatic heterocycles. The quantitative estimate of drug-likeness (QED) is 0.169. The van der Waals surface area contributed by atoms with Gasteiger partial charge in [-0.3, -0.25) is 14.6 Å². The van der Waals surface area contributed by atoms with Gasteiger partial charge >= 0.3 is 12.2 Å². The number of benzene rings is 1. The summed E-state index contributed by atoms with van der Waals surface area (Å²) in [7, 11) is 0. The van der Waals surface area contributed by atoms with Crippen LogP contribution in [0.2, 0.25) is 0 Å². The highest BCUT2D eigenvalue weighted by atomic mass is 32.1. The largest absolute Gasteiger partial charge is 0.444 e. The van der Waals surface area contributed by atoms with Crippen molar-refractivity contribution in [2.24, 2.45) is 0 Å². The van der Waals surface area contributed by atoms with Crippen LogP contribution in [0.4, 0.5) is 20.3 Å². The number of nitrogens with one attached hydrogen (secondary N) is 2. The van der Waals surface area contributed by atoms with Gasteiger partial charge in [0, 0.05) is 41.3 Å². The summed E-state index contributed by atoms with van der Waals surface area (Å²) < 4.78 is 11.8. The van der Waals surface area contributed by atoms with E-state index >= 15 is 0 Å². The minimum Gasteiger partial charge on any atom is -0.444 e. The summed E-state index contributed by atoms with van der Waals surface area (Å²) in [5.74, 6) is -0.247. The lowest BCUT2D eigenvalue weighted by atomic mass is 10.0. The summed E-state index contributed by atoms with van der Waals surface area (Å²) in [5, 5.41) is 7.10. The Kier molecular flexibility index (Phi) is 15.3. The molecule has 0 fully saturated rings. The number of ether oxygens (including phenoxy) is 2. The van der Waals surface area contributed by atoms with Gasteiger partial charge in [-0.1, -0.05) is 20.8 Å². The van der Waals surface area contributed by atoms with Gasteiger partial charge in [-0.15, -0.1) is 22.7 Å². The summed E-state index contributed by atoms with van der Waals surface area (Å²) in [4.78, 5) is 61.7. The predicted molar refractivity (Wildman–Crippen MR) is 215 cm³/mol. The number of carbonyl (C=O) groups excluding carboxylic acids is 4. The molecule has 1 aliphatic rings. The number of aromatic nitrogens is 2. The van der Waals surface area contributed by atoms with E-state index in [4.69, 9.17) is 14.5 Å². The Balaban J connectivity index is 0.000000401. The van der Waals surface area contributed by atoms with Crippen LogP contribution in [0.25, 0.3) is 20.8 Å². The van der Waals surface area contributed by atoms with Crippen LogP contribution in [0.15, 0.2) is 42.7 Å². The molecular formula is C39H54N6O6S2. The Morgan fingerprint density at radius 1 is 1.04 bits per heavy atom. The molecule has 14 heteroatoms. The van der Waals surface area contributed by atoms with Crippen LogP contribution in [0.5, 0.6) is 0 Å². The molecule has 288 valence electrons. The maximum Gasteiger partial charge on any atom is 0.410 e. The average molecular weight is 767 g/mol. The average Bonchev–Trinajstić information content (AvgIpc) is 3.67. The maximum absolute atomic E-state index is 12.7. The van der Waals surface area contributed by atoms with Crippen molar-refractivity contribution in [3.05, 3.63) is 58.7 Å². The number of pyridine rings is 1. The first-order valence-electron chi connectivity index (χ1n) is 17.9. The molecule has 0 saturated carbocycles. The number of amides is 4. The third-order valence-electron chi connectivity index (χ3n) is 7.40. The number of hydrogen-bond acceptors (Lipinski definition) is 10. The normalized spacial score (nSPS) is 12.4. The summed E-state index contributed by atoms with van der Waals surface area (Å²) in [6.07, 6.45) is 4.89. The number of nitrogens with zero attached hydrogens (tertiary/aromatic N) is 4. The topological polar surface area (TPSA) is 143 Å². The summed E-state index contributed by atoms with van der Waals surface area (Å²) in [5.41, 5.74) is 2.76. The Labute approximate surface area is 321 Å². The van der Waals surface area contributed by atoms with E-state index in [0.29, 0.717) is 47.7 Å². The van der Waals surface area contributed by atoms with E-state index in [-0.39, 0.29) is 24.1 Å². The molecule has 0 saturated heterocycles. The van der Waals surface area contributed by atoms with E-state index in [2.05, 4.69) is 22.5 Å². The number of thiophene rings is 1. The number of hydrogen-bond donors (Lipinski definition) is 2. The monoisotopic (exact) mass is 766 g/mol. The maximum atomic E-state index is 12.7. The SMILES string of the molecule is CC.CC(C)(C)OC(=O)N1CCc2c(sc(NC=O)c2-c2nc3cc(C(=O)Nc4cccnc4)ccc3s2)C1.CCCN(C(=O)OC(C)(C)C)C(C)C. The standard InChI is InChI=1S/C26H25N5O4S2.C11H23NO2.C2H6/c1-26(2,3)35-25(34)31-10-8-17-20(13-31)37-23(28-14-32)21(17)24-30-18-11-15(6-7-19(18)36-24)22(33)29-16-5-4-9-27-12-16;1-7-8-12(9(2)3)10(13)14-11(4,5)6;1-2/h4-7,9,11-12,14H,8,10,13H2,1-3H3,(H,28,32)(H,29,33);9H,7-8H2,1-6H3;1-2H3. The van der Waals surface area contributed by atoms with Crippen molar-refractivity contribution in [3.8, 4) is 10.6 Å². The zero-order valence-corrected chi connectivity index (χ0v) is 34.4. The molecule has 4 aromatic rings. The number of anilines is 2. The second kappa shape index (κ2) is 19.0. The van der Waals surface area contributed by atoms with Crippen LogP contribution in [0, 0.1) is 0 Å². The van der Waals surface area contributed by atoms with E-state index in [9.17, 15) is 19.2 Å². The Hall–Kier alpha value is -4.56. The molecule has 4 heterocycles. The lowest BCUT2D eigenvalue weighted by molar-refractivity contribution is -0.105. The smallest absolute Gasteiger partial charge is 0.410 e. The van der Waals surface area contributed by atoms with Gasteiger partial charge in [-0.05, 0) is 104 Å². The molecular weight excluding hydrogens is 713 g/mol. The third kappa shape index (κ3) is 12.2.